The van der Waals surface area contributed by atoms with Crippen molar-refractivity contribution in [3.63, 3.8) is 0 Å². The van der Waals surface area contributed by atoms with Crippen molar-refractivity contribution in [2.45, 2.75) is 39.2 Å². The average Bonchev–Trinajstić information content (AvgIpc) is 3.18. The minimum Gasteiger partial charge on any atom is -0.483 e. The monoisotopic (exact) mass is 347 g/mol. The van der Waals surface area contributed by atoms with Gasteiger partial charge in [-0.2, -0.15) is 0 Å². The van der Waals surface area contributed by atoms with E-state index in [-0.39, 0.29) is 30.4 Å². The summed E-state index contributed by atoms with van der Waals surface area (Å²) in [5.74, 6) is 0.347. The fraction of sp³-hybridized carbons (Fsp3) is 0.579. The summed E-state index contributed by atoms with van der Waals surface area (Å²) in [6.07, 6.45) is 2.85. The average molecular weight is 347 g/mol. The van der Waals surface area contributed by atoms with Crippen molar-refractivity contribution in [1.29, 1.82) is 0 Å². The van der Waals surface area contributed by atoms with Crippen LogP contribution in [0.1, 0.15) is 44.7 Å². The Balaban J connectivity index is 2.04. The number of ether oxygens (including phenoxy) is 1. The van der Waals surface area contributed by atoms with Crippen LogP contribution in [0, 0.1) is 5.92 Å². The summed E-state index contributed by atoms with van der Waals surface area (Å²) in [5, 5.41) is 3.02. The fourth-order valence-electron chi connectivity index (χ4n) is 2.92. The van der Waals surface area contributed by atoms with Crippen LogP contribution < -0.4 is 15.8 Å². The number of amides is 2. The number of likely N-dealkylation sites (tertiary alicyclic amines) is 1. The third-order valence-corrected chi connectivity index (χ3v) is 4.63. The molecule has 2 unspecified atom stereocenters. The molecule has 2 atom stereocenters. The first-order chi connectivity index (χ1) is 12.1. The summed E-state index contributed by atoms with van der Waals surface area (Å²) in [6, 6.07) is 7.38. The Kier molecular flexibility index (Phi) is 7.25. The smallest absolute Gasteiger partial charge is 0.260 e. The summed E-state index contributed by atoms with van der Waals surface area (Å²) in [7, 11) is 0. The topological polar surface area (TPSA) is 84.7 Å². The van der Waals surface area contributed by atoms with E-state index in [2.05, 4.69) is 5.32 Å². The molecule has 0 aliphatic carbocycles. The number of nitrogens with one attached hydrogen (secondary N) is 1. The Hall–Kier alpha value is -2.08. The highest BCUT2D eigenvalue weighted by atomic mass is 16.5. The maximum Gasteiger partial charge on any atom is 0.260 e. The van der Waals surface area contributed by atoms with E-state index in [0.717, 1.165) is 37.9 Å². The van der Waals surface area contributed by atoms with E-state index < -0.39 is 0 Å². The predicted molar refractivity (Wildman–Crippen MR) is 97.1 cm³/mol. The lowest BCUT2D eigenvalue weighted by Gasteiger charge is -2.23. The Morgan fingerprint density at radius 1 is 1.28 bits per heavy atom. The second kappa shape index (κ2) is 9.42. The molecule has 0 radical (unpaired) electrons. The predicted octanol–water partition coefficient (Wildman–Crippen LogP) is 1.85. The van der Waals surface area contributed by atoms with Crippen LogP contribution >= 0.6 is 0 Å². The Bertz CT molecular complexity index is 585. The molecule has 1 aromatic carbocycles. The summed E-state index contributed by atoms with van der Waals surface area (Å²) >= 11 is 0. The molecule has 0 bridgehead atoms. The van der Waals surface area contributed by atoms with Crippen LogP contribution in [0.3, 0.4) is 0 Å². The Morgan fingerprint density at radius 2 is 1.96 bits per heavy atom. The van der Waals surface area contributed by atoms with Crippen LogP contribution in [-0.4, -0.2) is 43.0 Å². The number of hydrogen-bond donors (Lipinski definition) is 2. The maximum atomic E-state index is 12.2. The molecule has 138 valence electrons. The van der Waals surface area contributed by atoms with Gasteiger partial charge in [-0.25, -0.2) is 0 Å². The molecule has 1 aromatic rings. The first-order valence-corrected chi connectivity index (χ1v) is 9.06. The highest BCUT2D eigenvalue weighted by Crippen LogP contribution is 2.27. The normalized spacial score (nSPS) is 16.4. The zero-order valence-corrected chi connectivity index (χ0v) is 15.2. The molecule has 0 saturated carbocycles. The molecule has 6 heteroatoms. The van der Waals surface area contributed by atoms with Crippen molar-refractivity contribution in [3.8, 4) is 5.75 Å². The molecule has 3 N–H and O–H groups in total. The van der Waals surface area contributed by atoms with Crippen LogP contribution in [0.4, 0.5) is 0 Å². The summed E-state index contributed by atoms with van der Waals surface area (Å²) in [6.45, 7) is 5.78. The third-order valence-electron chi connectivity index (χ3n) is 4.63. The van der Waals surface area contributed by atoms with E-state index >= 15 is 0 Å². The molecule has 0 aromatic heterocycles. The molecule has 2 amide bonds. The van der Waals surface area contributed by atoms with Gasteiger partial charge in [0.05, 0.1) is 6.04 Å². The standard InChI is InChI=1S/C19H29N3O3/c1-3-16(21-19(24)14(2)12-20)15-8-4-5-9-17(15)25-13-18(23)22-10-6-7-11-22/h4-5,8-9,14,16H,3,6-7,10-13,20H2,1-2H3,(H,21,24). The largest absolute Gasteiger partial charge is 0.483 e. The number of para-hydroxylation sites is 1. The molecule has 2 rings (SSSR count). The van der Waals surface area contributed by atoms with Gasteiger partial charge in [0, 0.05) is 31.1 Å². The van der Waals surface area contributed by atoms with Crippen LogP contribution in [0.15, 0.2) is 24.3 Å². The molecule has 0 spiro atoms. The van der Waals surface area contributed by atoms with Crippen LogP contribution in [0.25, 0.3) is 0 Å². The molecule has 6 nitrogen and oxygen atoms in total. The molecule has 1 heterocycles. The zero-order valence-electron chi connectivity index (χ0n) is 15.2. The highest BCUT2D eigenvalue weighted by Gasteiger charge is 2.22. The maximum absolute atomic E-state index is 12.2. The molecule has 1 saturated heterocycles. The molecule has 1 aliphatic rings. The molecule has 1 aliphatic heterocycles. The van der Waals surface area contributed by atoms with Crippen molar-refractivity contribution in [3.05, 3.63) is 29.8 Å². The number of nitrogens with zero attached hydrogens (tertiary/aromatic N) is 1. The minimum atomic E-state index is -0.237. The van der Waals surface area contributed by atoms with Crippen LogP contribution in [0.2, 0.25) is 0 Å². The lowest BCUT2D eigenvalue weighted by Crippen LogP contribution is -2.36. The van der Waals surface area contributed by atoms with Gasteiger partial charge in [0.15, 0.2) is 6.61 Å². The van der Waals surface area contributed by atoms with Crippen LogP contribution in [-0.2, 0) is 9.59 Å². The van der Waals surface area contributed by atoms with Gasteiger partial charge >= 0.3 is 0 Å². The number of carbonyl (C=O) groups is 2. The Labute approximate surface area is 149 Å². The van der Waals surface area contributed by atoms with E-state index in [1.165, 1.54) is 0 Å². The van der Waals surface area contributed by atoms with Crippen molar-refractivity contribution in [2.75, 3.05) is 26.2 Å². The lowest BCUT2D eigenvalue weighted by molar-refractivity contribution is -0.132. The van der Waals surface area contributed by atoms with Crippen molar-refractivity contribution >= 4 is 11.8 Å². The summed E-state index contributed by atoms with van der Waals surface area (Å²) in [5.41, 5.74) is 6.46. The van der Waals surface area contributed by atoms with E-state index in [1.54, 1.807) is 6.92 Å². The number of benzene rings is 1. The zero-order chi connectivity index (χ0) is 18.2. The van der Waals surface area contributed by atoms with Crippen LogP contribution in [0.5, 0.6) is 5.75 Å². The second-order valence-corrected chi connectivity index (χ2v) is 6.52. The summed E-state index contributed by atoms with van der Waals surface area (Å²) in [4.78, 5) is 26.2. The van der Waals surface area contributed by atoms with Gasteiger partial charge in [-0.05, 0) is 25.3 Å². The number of nitrogens with two attached hydrogens (primary N) is 1. The van der Waals surface area contributed by atoms with Gasteiger partial charge in [-0.3, -0.25) is 9.59 Å². The molecular weight excluding hydrogens is 318 g/mol. The number of carbonyl (C=O) groups excluding carboxylic acids is 2. The van der Waals surface area contributed by atoms with Gasteiger partial charge in [0.2, 0.25) is 5.91 Å². The summed E-state index contributed by atoms with van der Waals surface area (Å²) < 4.78 is 5.80. The Morgan fingerprint density at radius 3 is 2.60 bits per heavy atom. The number of hydrogen-bond acceptors (Lipinski definition) is 4. The van der Waals surface area contributed by atoms with Crippen molar-refractivity contribution in [1.82, 2.24) is 10.2 Å². The van der Waals surface area contributed by atoms with Gasteiger partial charge in [-0.1, -0.05) is 32.0 Å². The van der Waals surface area contributed by atoms with Gasteiger partial charge in [-0.15, -0.1) is 0 Å². The van der Waals surface area contributed by atoms with E-state index in [0.29, 0.717) is 12.3 Å². The molecule has 1 fully saturated rings. The van der Waals surface area contributed by atoms with Gasteiger partial charge in [0.25, 0.3) is 5.91 Å². The fourth-order valence-corrected chi connectivity index (χ4v) is 2.92. The minimum absolute atomic E-state index is 0.0149. The quantitative estimate of drug-likeness (QED) is 0.752. The van der Waals surface area contributed by atoms with Gasteiger partial charge in [0.1, 0.15) is 5.75 Å². The van der Waals surface area contributed by atoms with E-state index in [4.69, 9.17) is 10.5 Å². The SMILES string of the molecule is CCC(NC(=O)C(C)CN)c1ccccc1OCC(=O)N1CCCC1. The van der Waals surface area contributed by atoms with Crippen molar-refractivity contribution in [2.24, 2.45) is 11.7 Å². The third kappa shape index (κ3) is 5.19. The van der Waals surface area contributed by atoms with E-state index in [9.17, 15) is 9.59 Å². The first-order valence-electron chi connectivity index (χ1n) is 9.06. The molecular formula is C19H29N3O3. The first kappa shape index (κ1) is 19.2. The lowest BCUT2D eigenvalue weighted by atomic mass is 10.0. The van der Waals surface area contributed by atoms with Crippen molar-refractivity contribution < 1.29 is 14.3 Å². The molecule has 25 heavy (non-hydrogen) atoms. The number of rotatable bonds is 8. The highest BCUT2D eigenvalue weighted by molar-refractivity contribution is 5.79. The van der Waals surface area contributed by atoms with E-state index in [1.807, 2.05) is 36.1 Å². The second-order valence-electron chi connectivity index (χ2n) is 6.52. The van der Waals surface area contributed by atoms with Gasteiger partial charge < -0.3 is 20.7 Å².